The maximum Gasteiger partial charge on any atom is 0.392 e. The standard InChI is InChI=1S/C24H24F3N3O4S/c25-24(26,27)13-7-8-14-15(9-13)35-22(18(14)21-28-19(30-34-21)12-5-6-12)29-20(31)16-10-1-3-11(4-2-10)17(16)23(32)33/h10-13H,1-9H2,(H,29,31)(H,32,33)/t10?,11?,13-/m1/s1. The van der Waals surface area contributed by atoms with E-state index in [0.29, 0.717) is 32.4 Å². The first-order chi connectivity index (χ1) is 16.7. The number of carbonyl (C=O) groups excluding carboxylic acids is 1. The molecule has 2 bridgehead atoms. The molecule has 5 aliphatic carbocycles. The number of hydrogen-bond donors (Lipinski definition) is 2. The van der Waals surface area contributed by atoms with Gasteiger partial charge in [-0.25, -0.2) is 4.79 Å². The number of nitrogens with zero attached hydrogens (tertiary/aromatic N) is 2. The molecule has 1 amide bonds. The van der Waals surface area contributed by atoms with Crippen LogP contribution in [-0.4, -0.2) is 33.3 Å². The van der Waals surface area contributed by atoms with Crippen molar-refractivity contribution in [1.82, 2.24) is 10.1 Å². The van der Waals surface area contributed by atoms with Crippen LogP contribution < -0.4 is 5.32 Å². The number of anilines is 1. The van der Waals surface area contributed by atoms with E-state index in [0.717, 1.165) is 49.9 Å². The second-order valence-electron chi connectivity index (χ2n) is 10.1. The summed E-state index contributed by atoms with van der Waals surface area (Å²) in [6.07, 6.45) is 0.656. The summed E-state index contributed by atoms with van der Waals surface area (Å²) >= 11 is 1.10. The van der Waals surface area contributed by atoms with E-state index in [2.05, 4.69) is 15.5 Å². The Labute approximate surface area is 202 Å². The van der Waals surface area contributed by atoms with Crippen LogP contribution in [0.15, 0.2) is 15.7 Å². The Kier molecular flexibility index (Phi) is 5.32. The molecular weight excluding hydrogens is 483 g/mol. The number of aliphatic carboxylic acids is 1. The number of halogens is 3. The molecule has 5 aliphatic rings. The van der Waals surface area contributed by atoms with Crippen molar-refractivity contribution in [3.63, 3.8) is 0 Å². The molecule has 2 saturated carbocycles. The van der Waals surface area contributed by atoms with Crippen LogP contribution in [0.3, 0.4) is 0 Å². The molecule has 0 aliphatic heterocycles. The highest BCUT2D eigenvalue weighted by atomic mass is 32.1. The van der Waals surface area contributed by atoms with Crippen LogP contribution >= 0.6 is 11.3 Å². The predicted octanol–water partition coefficient (Wildman–Crippen LogP) is 5.48. The molecule has 0 aromatic carbocycles. The molecule has 0 saturated heterocycles. The van der Waals surface area contributed by atoms with Gasteiger partial charge in [-0.15, -0.1) is 11.3 Å². The summed E-state index contributed by atoms with van der Waals surface area (Å²) in [6.45, 7) is 0. The highest BCUT2D eigenvalue weighted by molar-refractivity contribution is 7.17. The number of amides is 1. The minimum Gasteiger partial charge on any atom is -0.478 e. The number of carboxylic acids is 1. The summed E-state index contributed by atoms with van der Waals surface area (Å²) in [6, 6.07) is 0. The Morgan fingerprint density at radius 2 is 1.66 bits per heavy atom. The van der Waals surface area contributed by atoms with Gasteiger partial charge in [0, 0.05) is 21.9 Å². The van der Waals surface area contributed by atoms with Crippen molar-refractivity contribution < 1.29 is 32.4 Å². The quantitative estimate of drug-likeness (QED) is 0.555. The molecule has 11 heteroatoms. The van der Waals surface area contributed by atoms with E-state index < -0.39 is 24.0 Å². The second-order valence-corrected chi connectivity index (χ2v) is 11.2. The summed E-state index contributed by atoms with van der Waals surface area (Å²) in [5, 5.41) is 17.1. The summed E-state index contributed by atoms with van der Waals surface area (Å²) in [5.41, 5.74) is 1.67. The minimum atomic E-state index is -4.29. The van der Waals surface area contributed by atoms with Gasteiger partial charge in [0.15, 0.2) is 5.82 Å². The van der Waals surface area contributed by atoms with Crippen LogP contribution in [0.5, 0.6) is 0 Å². The number of nitrogens with one attached hydrogen (secondary N) is 1. The van der Waals surface area contributed by atoms with Gasteiger partial charge in [0.05, 0.1) is 11.5 Å². The lowest BCUT2D eigenvalue weighted by molar-refractivity contribution is -0.176. The monoisotopic (exact) mass is 507 g/mol. The van der Waals surface area contributed by atoms with Gasteiger partial charge >= 0.3 is 12.1 Å². The SMILES string of the molecule is O=C(O)C1=C(C(=O)Nc2sc3c(c2-c2nc(C4CC4)no2)CC[C@@H](C(F)(F)F)C3)C2CCC1CC2. The largest absolute Gasteiger partial charge is 0.478 e. The fourth-order valence-electron chi connectivity index (χ4n) is 5.90. The van der Waals surface area contributed by atoms with E-state index in [1.165, 1.54) is 0 Å². The molecule has 0 spiro atoms. The molecule has 0 radical (unpaired) electrons. The van der Waals surface area contributed by atoms with Gasteiger partial charge < -0.3 is 14.9 Å². The number of carboxylic acid groups (broad SMARTS) is 1. The van der Waals surface area contributed by atoms with Crippen LogP contribution in [-0.2, 0) is 22.4 Å². The highest BCUT2D eigenvalue weighted by Crippen LogP contribution is 2.50. The molecule has 7 rings (SSSR count). The Hall–Kier alpha value is -2.69. The lowest BCUT2D eigenvalue weighted by atomic mass is 9.66. The van der Waals surface area contributed by atoms with Gasteiger partial charge in [0.25, 0.3) is 11.8 Å². The molecule has 0 unspecified atom stereocenters. The van der Waals surface area contributed by atoms with Crippen molar-refractivity contribution >= 4 is 28.2 Å². The van der Waals surface area contributed by atoms with Crippen molar-refractivity contribution in [3.8, 4) is 11.5 Å². The summed E-state index contributed by atoms with van der Waals surface area (Å²) in [7, 11) is 0. The number of hydrogen-bond acceptors (Lipinski definition) is 6. The summed E-state index contributed by atoms with van der Waals surface area (Å²) < 4.78 is 45.9. The highest BCUT2D eigenvalue weighted by Gasteiger charge is 2.44. The van der Waals surface area contributed by atoms with Crippen molar-refractivity contribution in [1.29, 1.82) is 0 Å². The zero-order valence-electron chi connectivity index (χ0n) is 18.8. The average Bonchev–Trinajstić information content (AvgIpc) is 3.45. The van der Waals surface area contributed by atoms with E-state index in [1.54, 1.807) is 0 Å². The molecule has 7 nitrogen and oxygen atoms in total. The Morgan fingerprint density at radius 1 is 1.00 bits per heavy atom. The molecule has 2 fully saturated rings. The van der Waals surface area contributed by atoms with Crippen LogP contribution in [0.4, 0.5) is 18.2 Å². The first-order valence-electron chi connectivity index (χ1n) is 12.0. The summed E-state index contributed by atoms with van der Waals surface area (Å²) in [4.78, 5) is 30.5. The van der Waals surface area contributed by atoms with E-state index >= 15 is 0 Å². The van der Waals surface area contributed by atoms with Gasteiger partial charge in [-0.3, -0.25) is 4.79 Å². The Bertz CT molecular complexity index is 1240. The van der Waals surface area contributed by atoms with Crippen LogP contribution in [0.25, 0.3) is 11.5 Å². The first kappa shape index (κ1) is 22.8. The zero-order chi connectivity index (χ0) is 24.5. The van der Waals surface area contributed by atoms with Crippen LogP contribution in [0.1, 0.15) is 67.1 Å². The third kappa shape index (κ3) is 3.97. The lowest BCUT2D eigenvalue weighted by Crippen LogP contribution is -2.35. The van der Waals surface area contributed by atoms with E-state index in [9.17, 15) is 27.9 Å². The molecule has 2 heterocycles. The van der Waals surface area contributed by atoms with E-state index in [4.69, 9.17) is 4.52 Å². The fraction of sp³-hybridized carbons (Fsp3) is 0.583. The Balaban J connectivity index is 1.39. The maximum atomic E-state index is 13.5. The van der Waals surface area contributed by atoms with Gasteiger partial charge in [0.2, 0.25) is 0 Å². The predicted molar refractivity (Wildman–Crippen MR) is 120 cm³/mol. The first-order valence-corrected chi connectivity index (χ1v) is 12.9. The lowest BCUT2D eigenvalue weighted by Gasteiger charge is -2.37. The fourth-order valence-corrected chi connectivity index (χ4v) is 7.22. The van der Waals surface area contributed by atoms with Gasteiger partial charge in [-0.2, -0.15) is 18.2 Å². The Morgan fingerprint density at radius 3 is 2.29 bits per heavy atom. The molecule has 1 atom stereocenters. The van der Waals surface area contributed by atoms with E-state index in [1.807, 2.05) is 0 Å². The normalized spacial score (nSPS) is 26.1. The number of fused-ring (bicyclic) bond motifs is 3. The average molecular weight is 508 g/mol. The van der Waals surface area contributed by atoms with Crippen LogP contribution in [0, 0.1) is 17.8 Å². The molecule has 2 aromatic rings. The van der Waals surface area contributed by atoms with Gasteiger partial charge in [0.1, 0.15) is 5.00 Å². The number of rotatable bonds is 5. The topological polar surface area (TPSA) is 105 Å². The van der Waals surface area contributed by atoms with Gasteiger partial charge in [-0.1, -0.05) is 5.16 Å². The van der Waals surface area contributed by atoms with Gasteiger partial charge in [-0.05, 0) is 75.2 Å². The molecule has 2 aromatic heterocycles. The van der Waals surface area contributed by atoms with Crippen molar-refractivity contribution in [3.05, 3.63) is 27.4 Å². The second kappa shape index (κ2) is 8.18. The number of carbonyl (C=O) groups is 2. The maximum absolute atomic E-state index is 13.5. The number of alkyl halides is 3. The smallest absolute Gasteiger partial charge is 0.392 e. The molecule has 35 heavy (non-hydrogen) atoms. The summed E-state index contributed by atoms with van der Waals surface area (Å²) in [5.74, 6) is -2.27. The zero-order valence-corrected chi connectivity index (χ0v) is 19.6. The third-order valence-corrected chi connectivity index (χ3v) is 9.03. The van der Waals surface area contributed by atoms with Crippen molar-refractivity contribution in [2.75, 3.05) is 5.32 Å². The van der Waals surface area contributed by atoms with Crippen molar-refractivity contribution in [2.24, 2.45) is 17.8 Å². The minimum absolute atomic E-state index is 0.0463. The van der Waals surface area contributed by atoms with Crippen LogP contribution in [0.2, 0.25) is 0 Å². The van der Waals surface area contributed by atoms with E-state index in [-0.39, 0.29) is 48.5 Å². The molecular formula is C24H24F3N3O4S. The van der Waals surface area contributed by atoms with Crippen molar-refractivity contribution in [2.45, 2.75) is 69.9 Å². The molecule has 2 N–H and O–H groups in total. The number of thiophene rings is 1. The molecule has 186 valence electrons. The third-order valence-electron chi connectivity index (χ3n) is 7.86. The number of aromatic nitrogens is 2.